The normalized spacial score (nSPS) is 16.1. The summed E-state index contributed by atoms with van der Waals surface area (Å²) in [5, 5.41) is 0. The standard InChI is InChI=1S/C27H27N3O2/c1-20-11-13-23(14-12-20)32-16-15-30-25-10-6-5-9-24(25)28-27(30)22-17-26(31)29(19-22)18-21-7-3-2-4-8-21/h2-14,22H,15-19H2,1H3/t22-/m1/s1. The van der Waals surface area contributed by atoms with Gasteiger partial charge in [0.2, 0.25) is 5.91 Å². The highest BCUT2D eigenvalue weighted by Gasteiger charge is 2.33. The molecule has 2 heterocycles. The number of hydrogen-bond donors (Lipinski definition) is 0. The Morgan fingerprint density at radius 3 is 2.53 bits per heavy atom. The summed E-state index contributed by atoms with van der Waals surface area (Å²) >= 11 is 0. The minimum Gasteiger partial charge on any atom is -0.492 e. The van der Waals surface area contributed by atoms with Gasteiger partial charge in [0, 0.05) is 25.4 Å². The molecule has 1 aromatic heterocycles. The van der Waals surface area contributed by atoms with Gasteiger partial charge in [-0.15, -0.1) is 0 Å². The molecule has 3 aromatic carbocycles. The molecule has 162 valence electrons. The summed E-state index contributed by atoms with van der Waals surface area (Å²) in [5.74, 6) is 2.11. The summed E-state index contributed by atoms with van der Waals surface area (Å²) in [4.78, 5) is 19.7. The number of fused-ring (bicyclic) bond motifs is 1. The molecule has 0 N–H and O–H groups in total. The topological polar surface area (TPSA) is 47.4 Å². The van der Waals surface area contributed by atoms with Crippen LogP contribution in [0.25, 0.3) is 11.0 Å². The first kappa shape index (κ1) is 20.3. The van der Waals surface area contributed by atoms with Crippen molar-refractivity contribution in [3.63, 3.8) is 0 Å². The van der Waals surface area contributed by atoms with E-state index in [2.05, 4.69) is 41.8 Å². The first-order valence-corrected chi connectivity index (χ1v) is 11.1. The van der Waals surface area contributed by atoms with Crippen molar-refractivity contribution < 1.29 is 9.53 Å². The summed E-state index contributed by atoms with van der Waals surface area (Å²) in [6.07, 6.45) is 0.495. The molecule has 1 aliphatic rings. The molecule has 0 aliphatic carbocycles. The van der Waals surface area contributed by atoms with Crippen LogP contribution in [0.3, 0.4) is 0 Å². The molecule has 1 amide bonds. The van der Waals surface area contributed by atoms with Crippen LogP contribution in [0.15, 0.2) is 78.9 Å². The van der Waals surface area contributed by atoms with Crippen molar-refractivity contribution in [2.75, 3.05) is 13.2 Å². The molecule has 5 heteroatoms. The van der Waals surface area contributed by atoms with Gasteiger partial charge in [-0.3, -0.25) is 4.79 Å². The minimum atomic E-state index is 0.0815. The van der Waals surface area contributed by atoms with Crippen molar-refractivity contribution >= 4 is 16.9 Å². The van der Waals surface area contributed by atoms with Crippen LogP contribution >= 0.6 is 0 Å². The highest BCUT2D eigenvalue weighted by molar-refractivity contribution is 5.81. The van der Waals surface area contributed by atoms with Crippen molar-refractivity contribution in [3.8, 4) is 5.75 Å². The van der Waals surface area contributed by atoms with Crippen LogP contribution in [0.5, 0.6) is 5.75 Å². The predicted molar refractivity (Wildman–Crippen MR) is 126 cm³/mol. The van der Waals surface area contributed by atoms with Crippen molar-refractivity contribution in [3.05, 3.63) is 95.8 Å². The molecule has 4 aromatic rings. The molecule has 1 fully saturated rings. The molecule has 0 saturated carbocycles. The summed E-state index contributed by atoms with van der Waals surface area (Å²) in [7, 11) is 0. The van der Waals surface area contributed by atoms with E-state index < -0.39 is 0 Å². The van der Waals surface area contributed by atoms with Gasteiger partial charge in [0.25, 0.3) is 0 Å². The molecule has 1 atom stereocenters. The molecule has 1 saturated heterocycles. The third-order valence-electron chi connectivity index (χ3n) is 6.08. The van der Waals surface area contributed by atoms with Crippen LogP contribution in [-0.4, -0.2) is 33.5 Å². The number of likely N-dealkylation sites (tertiary alicyclic amines) is 1. The number of para-hydroxylation sites is 2. The maximum atomic E-state index is 12.8. The third kappa shape index (κ3) is 4.24. The largest absolute Gasteiger partial charge is 0.492 e. The summed E-state index contributed by atoms with van der Waals surface area (Å²) in [6, 6.07) is 26.4. The molecule has 5 nitrogen and oxygen atoms in total. The number of aryl methyl sites for hydroxylation is 1. The highest BCUT2D eigenvalue weighted by atomic mass is 16.5. The smallest absolute Gasteiger partial charge is 0.223 e. The van der Waals surface area contributed by atoms with Gasteiger partial charge in [0.1, 0.15) is 18.2 Å². The van der Waals surface area contributed by atoms with E-state index >= 15 is 0 Å². The minimum absolute atomic E-state index is 0.0815. The van der Waals surface area contributed by atoms with E-state index in [1.165, 1.54) is 5.56 Å². The van der Waals surface area contributed by atoms with Gasteiger partial charge in [-0.25, -0.2) is 4.98 Å². The summed E-state index contributed by atoms with van der Waals surface area (Å²) in [5.41, 5.74) is 4.42. The summed E-state index contributed by atoms with van der Waals surface area (Å²) in [6.45, 7) is 4.64. The number of aromatic nitrogens is 2. The molecule has 0 spiro atoms. The lowest BCUT2D eigenvalue weighted by atomic mass is 10.1. The van der Waals surface area contributed by atoms with Crippen molar-refractivity contribution in [1.29, 1.82) is 0 Å². The Morgan fingerprint density at radius 2 is 1.72 bits per heavy atom. The predicted octanol–water partition coefficient (Wildman–Crippen LogP) is 4.94. The van der Waals surface area contributed by atoms with E-state index in [9.17, 15) is 4.79 Å². The number of ether oxygens (including phenoxy) is 1. The molecule has 32 heavy (non-hydrogen) atoms. The molecule has 0 unspecified atom stereocenters. The van der Waals surface area contributed by atoms with E-state index in [4.69, 9.17) is 9.72 Å². The van der Waals surface area contributed by atoms with Crippen LogP contribution in [0.4, 0.5) is 0 Å². The fraction of sp³-hybridized carbons (Fsp3) is 0.259. The van der Waals surface area contributed by atoms with Crippen LogP contribution in [0, 0.1) is 6.92 Å². The van der Waals surface area contributed by atoms with Gasteiger partial charge in [-0.05, 0) is 36.8 Å². The van der Waals surface area contributed by atoms with Gasteiger partial charge in [0.05, 0.1) is 17.6 Å². The number of hydrogen-bond acceptors (Lipinski definition) is 3. The first-order valence-electron chi connectivity index (χ1n) is 11.1. The Hall–Kier alpha value is -3.60. The van der Waals surface area contributed by atoms with Crippen molar-refractivity contribution in [2.45, 2.75) is 32.4 Å². The van der Waals surface area contributed by atoms with Crippen molar-refractivity contribution in [2.24, 2.45) is 0 Å². The molecule has 0 radical (unpaired) electrons. The number of nitrogens with zero attached hydrogens (tertiary/aromatic N) is 3. The monoisotopic (exact) mass is 425 g/mol. The lowest BCUT2D eigenvalue weighted by Gasteiger charge is -2.17. The van der Waals surface area contributed by atoms with Crippen LogP contribution in [-0.2, 0) is 17.9 Å². The number of rotatable bonds is 7. The van der Waals surface area contributed by atoms with E-state index in [1.807, 2.05) is 53.4 Å². The van der Waals surface area contributed by atoms with Crippen molar-refractivity contribution in [1.82, 2.24) is 14.5 Å². The number of imidazole rings is 1. The zero-order chi connectivity index (χ0) is 21.9. The highest BCUT2D eigenvalue weighted by Crippen LogP contribution is 2.31. The second-order valence-corrected chi connectivity index (χ2v) is 8.43. The second-order valence-electron chi connectivity index (χ2n) is 8.43. The lowest BCUT2D eigenvalue weighted by Crippen LogP contribution is -2.24. The quantitative estimate of drug-likeness (QED) is 0.421. The van der Waals surface area contributed by atoms with Gasteiger partial charge in [-0.2, -0.15) is 0 Å². The molecule has 5 rings (SSSR count). The zero-order valence-corrected chi connectivity index (χ0v) is 18.3. The van der Waals surface area contributed by atoms with Gasteiger partial charge < -0.3 is 14.2 Å². The number of carbonyl (C=O) groups excluding carboxylic acids is 1. The van der Waals surface area contributed by atoms with Gasteiger partial charge in [0.15, 0.2) is 0 Å². The van der Waals surface area contributed by atoms with Gasteiger partial charge in [-0.1, -0.05) is 60.2 Å². The lowest BCUT2D eigenvalue weighted by molar-refractivity contribution is -0.128. The maximum absolute atomic E-state index is 12.8. The maximum Gasteiger partial charge on any atom is 0.223 e. The van der Waals surface area contributed by atoms with Crippen LogP contribution in [0.2, 0.25) is 0 Å². The Morgan fingerprint density at radius 1 is 0.969 bits per heavy atom. The Bertz CT molecular complexity index is 1210. The number of amides is 1. The van der Waals surface area contributed by atoms with E-state index in [0.29, 0.717) is 32.7 Å². The number of carbonyl (C=O) groups is 1. The fourth-order valence-electron chi connectivity index (χ4n) is 4.43. The SMILES string of the molecule is Cc1ccc(OCCn2c([C@@H]3CC(=O)N(Cc4ccccc4)C3)nc3ccccc32)cc1. The molecular weight excluding hydrogens is 398 g/mol. The second kappa shape index (κ2) is 8.87. The van der Waals surface area contributed by atoms with Gasteiger partial charge >= 0.3 is 0 Å². The van der Waals surface area contributed by atoms with Crippen LogP contribution in [0.1, 0.15) is 29.3 Å². The molecular formula is C27H27N3O2. The Kier molecular flexibility index (Phi) is 5.63. The van der Waals surface area contributed by atoms with E-state index in [-0.39, 0.29) is 11.8 Å². The zero-order valence-electron chi connectivity index (χ0n) is 18.3. The number of benzene rings is 3. The van der Waals surface area contributed by atoms with Crippen LogP contribution < -0.4 is 4.74 Å². The third-order valence-corrected chi connectivity index (χ3v) is 6.08. The first-order chi connectivity index (χ1) is 15.7. The van der Waals surface area contributed by atoms with E-state index in [0.717, 1.165) is 28.2 Å². The average Bonchev–Trinajstić information content (AvgIpc) is 3.36. The Balaban J connectivity index is 1.35. The van der Waals surface area contributed by atoms with E-state index in [1.54, 1.807) is 0 Å². The Labute approximate surface area is 188 Å². The molecule has 0 bridgehead atoms. The molecule has 1 aliphatic heterocycles. The average molecular weight is 426 g/mol. The summed E-state index contributed by atoms with van der Waals surface area (Å²) < 4.78 is 8.23. The fourth-order valence-corrected chi connectivity index (χ4v) is 4.43.